The molecule has 0 heterocycles. The van der Waals surface area contributed by atoms with Crippen molar-refractivity contribution in [2.24, 2.45) is 0 Å². The maximum absolute atomic E-state index is 13.7. The van der Waals surface area contributed by atoms with E-state index in [1.807, 2.05) is 6.92 Å². The predicted octanol–water partition coefficient (Wildman–Crippen LogP) is 2.94. The highest BCUT2D eigenvalue weighted by Gasteiger charge is 2.32. The minimum atomic E-state index is -3.95. The van der Waals surface area contributed by atoms with E-state index in [0.29, 0.717) is 30.7 Å². The lowest BCUT2D eigenvalue weighted by atomic mass is 10.1. The molecule has 2 amide bonds. The minimum Gasteiger partial charge on any atom is -0.497 e. The Labute approximate surface area is 212 Å². The molecule has 0 aromatic heterocycles. The molecular weight excluding hydrogens is 489 g/mol. The lowest BCUT2D eigenvalue weighted by Gasteiger charge is -2.33. The number of hydrogen-bond acceptors (Lipinski definition) is 6. The Hall–Kier alpha value is -3.34. The molecule has 0 aliphatic heterocycles. The lowest BCUT2D eigenvalue weighted by molar-refractivity contribution is -0.140. The number of nitrogens with one attached hydrogen (secondary N) is 1. The van der Waals surface area contributed by atoms with Crippen LogP contribution in [0.1, 0.15) is 32.3 Å². The Bertz CT molecular complexity index is 1140. The second-order valence-corrected chi connectivity index (χ2v) is 10.1. The molecule has 1 N–H and O–H groups in total. The molecule has 0 fully saturated rings. The molecule has 11 heteroatoms. The zero-order valence-electron chi connectivity index (χ0n) is 21.3. The summed E-state index contributed by atoms with van der Waals surface area (Å²) in [5.41, 5.74) is 0.717. The molecule has 0 radical (unpaired) electrons. The normalized spacial score (nSPS) is 11.9. The van der Waals surface area contributed by atoms with Crippen LogP contribution in [0.25, 0.3) is 0 Å². The van der Waals surface area contributed by atoms with Crippen LogP contribution in [0.2, 0.25) is 0 Å². The number of benzene rings is 2. The van der Waals surface area contributed by atoms with Crippen LogP contribution in [0.15, 0.2) is 42.5 Å². The number of hydrogen-bond donors (Lipinski definition) is 1. The number of ether oxygens (including phenoxy) is 2. The molecule has 36 heavy (non-hydrogen) atoms. The first-order chi connectivity index (χ1) is 17.0. The molecule has 0 saturated heterocycles. The number of carbonyl (C=O) groups is 2. The van der Waals surface area contributed by atoms with E-state index in [1.165, 1.54) is 49.5 Å². The fourth-order valence-corrected chi connectivity index (χ4v) is 4.50. The quantitative estimate of drug-likeness (QED) is 0.433. The fraction of sp³-hybridized carbons (Fsp3) is 0.440. The number of rotatable bonds is 13. The van der Waals surface area contributed by atoms with Crippen molar-refractivity contribution < 1.29 is 31.9 Å². The van der Waals surface area contributed by atoms with Gasteiger partial charge in [-0.3, -0.25) is 13.9 Å². The van der Waals surface area contributed by atoms with Crippen molar-refractivity contribution in [2.75, 3.05) is 37.9 Å². The van der Waals surface area contributed by atoms with Gasteiger partial charge in [0, 0.05) is 19.2 Å². The molecule has 0 saturated carbocycles. The van der Waals surface area contributed by atoms with Crippen LogP contribution in [0, 0.1) is 5.82 Å². The summed E-state index contributed by atoms with van der Waals surface area (Å²) in [7, 11) is -1.12. The maximum Gasteiger partial charge on any atom is 0.244 e. The highest BCUT2D eigenvalue weighted by Crippen LogP contribution is 2.34. The van der Waals surface area contributed by atoms with Gasteiger partial charge in [-0.25, -0.2) is 12.8 Å². The summed E-state index contributed by atoms with van der Waals surface area (Å²) >= 11 is 0. The van der Waals surface area contributed by atoms with E-state index in [2.05, 4.69) is 5.32 Å². The molecule has 198 valence electrons. The summed E-state index contributed by atoms with van der Waals surface area (Å²) in [6.45, 7) is 3.52. The third-order valence-electron chi connectivity index (χ3n) is 5.54. The van der Waals surface area contributed by atoms with Crippen LogP contribution in [0.4, 0.5) is 10.1 Å². The van der Waals surface area contributed by atoms with Crippen LogP contribution in [0.5, 0.6) is 11.5 Å². The first-order valence-corrected chi connectivity index (χ1v) is 13.4. The summed E-state index contributed by atoms with van der Waals surface area (Å²) in [6.07, 6.45) is 1.99. The van der Waals surface area contributed by atoms with Gasteiger partial charge < -0.3 is 19.7 Å². The van der Waals surface area contributed by atoms with E-state index < -0.39 is 34.3 Å². The maximum atomic E-state index is 13.7. The average Bonchev–Trinajstić information content (AvgIpc) is 2.85. The monoisotopic (exact) mass is 523 g/mol. The molecule has 0 aliphatic carbocycles. The third-order valence-corrected chi connectivity index (χ3v) is 6.66. The van der Waals surface area contributed by atoms with Crippen molar-refractivity contribution in [1.29, 1.82) is 0 Å². The smallest absolute Gasteiger partial charge is 0.244 e. The molecule has 0 aliphatic rings. The van der Waals surface area contributed by atoms with Gasteiger partial charge in [-0.2, -0.15) is 0 Å². The molecule has 1 atom stereocenters. The first-order valence-electron chi connectivity index (χ1n) is 11.6. The van der Waals surface area contributed by atoms with Crippen molar-refractivity contribution >= 4 is 27.5 Å². The largest absolute Gasteiger partial charge is 0.497 e. The van der Waals surface area contributed by atoms with Crippen molar-refractivity contribution in [3.63, 3.8) is 0 Å². The Balaban J connectivity index is 2.50. The zero-order valence-corrected chi connectivity index (χ0v) is 22.1. The van der Waals surface area contributed by atoms with Gasteiger partial charge in [-0.15, -0.1) is 0 Å². The molecule has 2 aromatic rings. The molecule has 0 bridgehead atoms. The van der Waals surface area contributed by atoms with Crippen molar-refractivity contribution in [3.8, 4) is 11.5 Å². The molecular formula is C25H34FN3O6S. The molecule has 0 unspecified atom stereocenters. The number of amides is 2. The number of anilines is 1. The average molecular weight is 524 g/mol. The van der Waals surface area contributed by atoms with E-state index in [4.69, 9.17) is 9.47 Å². The fourth-order valence-electron chi connectivity index (χ4n) is 3.66. The molecule has 2 rings (SSSR count). The second kappa shape index (κ2) is 13.1. The van der Waals surface area contributed by atoms with Gasteiger partial charge in [0.25, 0.3) is 0 Å². The Morgan fingerprint density at radius 3 is 2.25 bits per heavy atom. The van der Waals surface area contributed by atoms with Crippen LogP contribution >= 0.6 is 0 Å². The number of nitrogens with zero attached hydrogens (tertiary/aromatic N) is 2. The molecule has 0 spiro atoms. The van der Waals surface area contributed by atoms with E-state index in [0.717, 1.165) is 10.6 Å². The van der Waals surface area contributed by atoms with E-state index in [1.54, 1.807) is 19.1 Å². The van der Waals surface area contributed by atoms with Gasteiger partial charge >= 0.3 is 0 Å². The SMILES string of the molecule is CCCNC(=O)[C@H](CC)N(Cc1ccc(F)cc1)C(=O)CN(c1cc(OC)ccc1OC)S(C)(=O)=O. The number of methoxy groups -OCH3 is 2. The minimum absolute atomic E-state index is 0.00991. The summed E-state index contributed by atoms with van der Waals surface area (Å²) in [5.74, 6) is -0.780. The van der Waals surface area contributed by atoms with Crippen molar-refractivity contribution in [1.82, 2.24) is 10.2 Å². The Morgan fingerprint density at radius 2 is 1.72 bits per heavy atom. The summed E-state index contributed by atoms with van der Waals surface area (Å²) in [4.78, 5) is 27.9. The zero-order chi connectivity index (χ0) is 26.9. The van der Waals surface area contributed by atoms with Gasteiger partial charge in [-0.1, -0.05) is 26.0 Å². The first kappa shape index (κ1) is 28.9. The van der Waals surface area contributed by atoms with Crippen LogP contribution < -0.4 is 19.1 Å². The van der Waals surface area contributed by atoms with Gasteiger partial charge in [0.05, 0.1) is 26.2 Å². The molecule has 9 nitrogen and oxygen atoms in total. The highest BCUT2D eigenvalue weighted by atomic mass is 32.2. The Morgan fingerprint density at radius 1 is 1.06 bits per heavy atom. The van der Waals surface area contributed by atoms with Crippen LogP contribution in [-0.4, -0.2) is 64.7 Å². The van der Waals surface area contributed by atoms with Gasteiger partial charge in [0.2, 0.25) is 21.8 Å². The Kier molecular flexibility index (Phi) is 10.5. The van der Waals surface area contributed by atoms with E-state index in [-0.39, 0.29) is 23.9 Å². The van der Waals surface area contributed by atoms with Gasteiger partial charge in [-0.05, 0) is 42.7 Å². The van der Waals surface area contributed by atoms with E-state index in [9.17, 15) is 22.4 Å². The van der Waals surface area contributed by atoms with Crippen molar-refractivity contribution in [3.05, 3.63) is 53.8 Å². The summed E-state index contributed by atoms with van der Waals surface area (Å²) in [5, 5.41) is 2.80. The number of halogens is 1. The topological polar surface area (TPSA) is 105 Å². The predicted molar refractivity (Wildman–Crippen MR) is 136 cm³/mol. The highest BCUT2D eigenvalue weighted by molar-refractivity contribution is 7.92. The number of carbonyl (C=O) groups excluding carboxylic acids is 2. The van der Waals surface area contributed by atoms with Crippen LogP contribution in [0.3, 0.4) is 0 Å². The van der Waals surface area contributed by atoms with Crippen molar-refractivity contribution in [2.45, 2.75) is 39.3 Å². The standard InChI is InChI=1S/C25H34FN3O6S/c1-6-14-27-25(31)21(7-2)28(16-18-8-10-19(26)11-9-18)24(30)17-29(36(5,32)33)22-15-20(34-3)12-13-23(22)35-4/h8-13,15,21H,6-7,14,16-17H2,1-5H3,(H,27,31)/t21-/m0/s1. The number of sulfonamides is 1. The summed E-state index contributed by atoms with van der Waals surface area (Å²) < 4.78 is 50.6. The van der Waals surface area contributed by atoms with Gasteiger partial charge in [0.1, 0.15) is 29.9 Å². The third kappa shape index (κ3) is 7.58. The second-order valence-electron chi connectivity index (χ2n) is 8.17. The van der Waals surface area contributed by atoms with Crippen LogP contribution in [-0.2, 0) is 26.2 Å². The summed E-state index contributed by atoms with van der Waals surface area (Å²) in [6, 6.07) is 9.32. The lowest BCUT2D eigenvalue weighted by Crippen LogP contribution is -2.52. The van der Waals surface area contributed by atoms with Gasteiger partial charge in [0.15, 0.2) is 0 Å². The van der Waals surface area contributed by atoms with E-state index >= 15 is 0 Å². The molecule has 2 aromatic carbocycles.